The van der Waals surface area contributed by atoms with Gasteiger partial charge in [0.1, 0.15) is 0 Å². The molecule has 2 aromatic carbocycles. The van der Waals surface area contributed by atoms with Crippen LogP contribution in [0.15, 0.2) is 60.7 Å². The van der Waals surface area contributed by atoms with Crippen molar-refractivity contribution in [1.29, 1.82) is 0 Å². The lowest BCUT2D eigenvalue weighted by Gasteiger charge is -2.14. The molecule has 0 radical (unpaired) electrons. The second-order valence-electron chi connectivity index (χ2n) is 6.77. The standard InChI is InChI=1S/C14H12N2O2.C9H16O4/c15-16(13(17)11-7-3-1-4-8-11)14(18)12-9-5-2-6-10-12;10-8(11)6-4-2-1-3-5-7-9(12)13/h1-10H,15H2;1-7H2,(H,10,11)(H,12,13). The molecule has 166 valence electrons. The number of carboxylic acids is 2. The van der Waals surface area contributed by atoms with E-state index < -0.39 is 23.8 Å². The molecule has 0 aliphatic heterocycles. The minimum atomic E-state index is -0.759. The second kappa shape index (κ2) is 14.5. The van der Waals surface area contributed by atoms with Crippen LogP contribution in [0.2, 0.25) is 0 Å². The summed E-state index contributed by atoms with van der Waals surface area (Å²) in [6.45, 7) is 0. The Labute approximate surface area is 181 Å². The largest absolute Gasteiger partial charge is 0.481 e. The first-order valence-corrected chi connectivity index (χ1v) is 10.00. The highest BCUT2D eigenvalue weighted by molar-refractivity contribution is 6.09. The number of hydrazine groups is 1. The first-order valence-electron chi connectivity index (χ1n) is 10.00. The van der Waals surface area contributed by atoms with Gasteiger partial charge in [-0.2, -0.15) is 0 Å². The molecule has 2 aromatic rings. The Bertz CT molecular complexity index is 770. The maximum atomic E-state index is 11.9. The van der Waals surface area contributed by atoms with E-state index in [9.17, 15) is 19.2 Å². The maximum absolute atomic E-state index is 11.9. The summed E-state index contributed by atoms with van der Waals surface area (Å²) in [6.07, 6.45) is 4.53. The highest BCUT2D eigenvalue weighted by Gasteiger charge is 2.20. The fourth-order valence-electron chi connectivity index (χ4n) is 2.61. The molecule has 0 aromatic heterocycles. The predicted molar refractivity (Wildman–Crippen MR) is 115 cm³/mol. The van der Waals surface area contributed by atoms with Crippen LogP contribution in [-0.4, -0.2) is 39.0 Å². The quantitative estimate of drug-likeness (QED) is 0.172. The van der Waals surface area contributed by atoms with Crippen molar-refractivity contribution in [1.82, 2.24) is 5.01 Å². The molecule has 2 amide bonds. The Kier molecular flexibility index (Phi) is 11.9. The van der Waals surface area contributed by atoms with Crippen molar-refractivity contribution >= 4 is 23.8 Å². The van der Waals surface area contributed by atoms with E-state index >= 15 is 0 Å². The van der Waals surface area contributed by atoms with Crippen LogP contribution in [-0.2, 0) is 9.59 Å². The molecular weight excluding hydrogens is 400 g/mol. The lowest BCUT2D eigenvalue weighted by atomic mass is 10.1. The topological polar surface area (TPSA) is 138 Å². The van der Waals surface area contributed by atoms with Gasteiger partial charge in [-0.1, -0.05) is 55.7 Å². The van der Waals surface area contributed by atoms with E-state index in [-0.39, 0.29) is 12.8 Å². The molecule has 0 fully saturated rings. The smallest absolute Gasteiger partial charge is 0.303 e. The summed E-state index contributed by atoms with van der Waals surface area (Å²) in [5, 5.41) is 17.3. The lowest BCUT2D eigenvalue weighted by molar-refractivity contribution is -0.138. The average Bonchev–Trinajstić information content (AvgIpc) is 2.78. The average molecular weight is 428 g/mol. The summed E-state index contributed by atoms with van der Waals surface area (Å²) in [5.74, 6) is 2.99. The van der Waals surface area contributed by atoms with Gasteiger partial charge in [0.25, 0.3) is 11.8 Å². The molecule has 0 saturated carbocycles. The molecule has 31 heavy (non-hydrogen) atoms. The van der Waals surface area contributed by atoms with Crippen molar-refractivity contribution in [3.63, 3.8) is 0 Å². The Morgan fingerprint density at radius 2 is 0.935 bits per heavy atom. The molecule has 8 heteroatoms. The molecule has 2 rings (SSSR count). The van der Waals surface area contributed by atoms with Gasteiger partial charge in [-0.05, 0) is 37.1 Å². The van der Waals surface area contributed by atoms with E-state index in [1.807, 2.05) is 0 Å². The summed E-state index contributed by atoms with van der Waals surface area (Å²) in [4.78, 5) is 44.1. The Morgan fingerprint density at radius 3 is 1.26 bits per heavy atom. The Morgan fingerprint density at radius 1 is 0.613 bits per heavy atom. The van der Waals surface area contributed by atoms with Crippen molar-refractivity contribution in [2.45, 2.75) is 44.9 Å². The molecule has 0 heterocycles. The summed E-state index contributed by atoms with van der Waals surface area (Å²) in [6, 6.07) is 16.9. The fourth-order valence-corrected chi connectivity index (χ4v) is 2.61. The van der Waals surface area contributed by atoms with Gasteiger partial charge in [0.15, 0.2) is 0 Å². The van der Waals surface area contributed by atoms with Crippen molar-refractivity contribution in [2.24, 2.45) is 5.84 Å². The molecule has 4 N–H and O–H groups in total. The van der Waals surface area contributed by atoms with Gasteiger partial charge in [-0.15, -0.1) is 0 Å². The number of carboxylic acid groups (broad SMARTS) is 2. The SMILES string of the molecule is NN(C(=O)c1ccccc1)C(=O)c1ccccc1.O=C(O)CCCCCCCC(=O)O. The summed E-state index contributed by atoms with van der Waals surface area (Å²) in [7, 11) is 0. The molecule has 8 nitrogen and oxygen atoms in total. The summed E-state index contributed by atoms with van der Waals surface area (Å²) < 4.78 is 0. The van der Waals surface area contributed by atoms with Gasteiger partial charge in [0, 0.05) is 24.0 Å². The van der Waals surface area contributed by atoms with E-state index in [0.717, 1.165) is 19.3 Å². The Balaban J connectivity index is 0.000000330. The van der Waals surface area contributed by atoms with Crippen LogP contribution in [0.5, 0.6) is 0 Å². The zero-order chi connectivity index (χ0) is 23.1. The molecule has 0 bridgehead atoms. The van der Waals surface area contributed by atoms with E-state index in [1.165, 1.54) is 0 Å². The van der Waals surface area contributed by atoms with E-state index in [4.69, 9.17) is 16.1 Å². The number of amides is 2. The number of unbranched alkanes of at least 4 members (excludes halogenated alkanes) is 4. The first kappa shape index (κ1) is 25.5. The van der Waals surface area contributed by atoms with Crippen LogP contribution in [0.1, 0.15) is 65.7 Å². The summed E-state index contributed by atoms with van der Waals surface area (Å²) >= 11 is 0. The van der Waals surface area contributed by atoms with Crippen molar-refractivity contribution in [2.75, 3.05) is 0 Å². The van der Waals surface area contributed by atoms with Crippen LogP contribution in [0.4, 0.5) is 0 Å². The second-order valence-corrected chi connectivity index (χ2v) is 6.77. The third kappa shape index (κ3) is 10.7. The van der Waals surface area contributed by atoms with Crippen molar-refractivity contribution in [3.8, 4) is 0 Å². The molecule has 0 aliphatic carbocycles. The van der Waals surface area contributed by atoms with Gasteiger partial charge in [-0.3, -0.25) is 19.2 Å². The van der Waals surface area contributed by atoms with Crippen molar-refractivity contribution in [3.05, 3.63) is 71.8 Å². The van der Waals surface area contributed by atoms with Crippen LogP contribution < -0.4 is 5.84 Å². The molecule has 0 unspecified atom stereocenters. The van der Waals surface area contributed by atoms with Crippen LogP contribution in [0, 0.1) is 0 Å². The molecular formula is C23H28N2O6. The number of carbonyl (C=O) groups excluding carboxylic acids is 2. The number of benzene rings is 2. The van der Waals surface area contributed by atoms with E-state index in [1.54, 1.807) is 60.7 Å². The minimum Gasteiger partial charge on any atom is -0.481 e. The number of hydrogen-bond acceptors (Lipinski definition) is 5. The number of nitrogens with zero attached hydrogens (tertiary/aromatic N) is 1. The third-order valence-electron chi connectivity index (χ3n) is 4.26. The highest BCUT2D eigenvalue weighted by atomic mass is 16.4. The first-order chi connectivity index (χ1) is 14.8. The Hall–Kier alpha value is -3.52. The molecule has 0 saturated heterocycles. The number of carbonyl (C=O) groups is 4. The number of imide groups is 1. The van der Waals surface area contributed by atoms with Gasteiger partial charge in [-0.25, -0.2) is 10.9 Å². The number of rotatable bonds is 10. The summed E-state index contributed by atoms with van der Waals surface area (Å²) in [5.41, 5.74) is 0.758. The minimum absolute atomic E-state index is 0.221. The number of aliphatic carboxylic acids is 2. The lowest BCUT2D eigenvalue weighted by Crippen LogP contribution is -2.42. The number of hydrogen-bond donors (Lipinski definition) is 3. The zero-order valence-electron chi connectivity index (χ0n) is 17.3. The molecule has 0 atom stereocenters. The van der Waals surface area contributed by atoms with Gasteiger partial charge >= 0.3 is 11.9 Å². The monoisotopic (exact) mass is 428 g/mol. The molecule has 0 aliphatic rings. The van der Waals surface area contributed by atoms with Gasteiger partial charge < -0.3 is 10.2 Å². The van der Waals surface area contributed by atoms with Crippen LogP contribution >= 0.6 is 0 Å². The van der Waals surface area contributed by atoms with E-state index in [0.29, 0.717) is 29.0 Å². The van der Waals surface area contributed by atoms with Crippen LogP contribution in [0.25, 0.3) is 0 Å². The zero-order valence-corrected chi connectivity index (χ0v) is 17.3. The predicted octanol–water partition coefficient (Wildman–Crippen LogP) is 3.73. The van der Waals surface area contributed by atoms with Gasteiger partial charge in [0.05, 0.1) is 0 Å². The molecule has 0 spiro atoms. The highest BCUT2D eigenvalue weighted by Crippen LogP contribution is 2.08. The van der Waals surface area contributed by atoms with E-state index in [2.05, 4.69) is 0 Å². The van der Waals surface area contributed by atoms with Crippen LogP contribution in [0.3, 0.4) is 0 Å². The third-order valence-corrected chi connectivity index (χ3v) is 4.26. The van der Waals surface area contributed by atoms with Gasteiger partial charge in [0.2, 0.25) is 0 Å². The maximum Gasteiger partial charge on any atom is 0.303 e. The van der Waals surface area contributed by atoms with Crippen molar-refractivity contribution < 1.29 is 29.4 Å². The normalized spacial score (nSPS) is 9.84. The fraction of sp³-hybridized carbons (Fsp3) is 0.304. The number of nitrogens with two attached hydrogens (primary N) is 1.